The summed E-state index contributed by atoms with van der Waals surface area (Å²) in [6.07, 6.45) is 5.11. The Morgan fingerprint density at radius 1 is 1.64 bits per heavy atom. The van der Waals surface area contributed by atoms with Gasteiger partial charge in [-0.25, -0.2) is 0 Å². The van der Waals surface area contributed by atoms with E-state index in [1.54, 1.807) is 0 Å². The van der Waals surface area contributed by atoms with Gasteiger partial charge in [0.25, 0.3) is 0 Å². The van der Waals surface area contributed by atoms with E-state index in [4.69, 9.17) is 0 Å². The van der Waals surface area contributed by atoms with Gasteiger partial charge in [0.15, 0.2) is 0 Å². The third-order valence-electron chi connectivity index (χ3n) is 1.84. The van der Waals surface area contributed by atoms with Crippen LogP contribution in [0.2, 0.25) is 0 Å². The molecule has 1 aromatic rings. The number of aryl methyl sites for hydroxylation is 1. The van der Waals surface area contributed by atoms with E-state index in [0.717, 1.165) is 0 Å². The van der Waals surface area contributed by atoms with Gasteiger partial charge in [-0.2, -0.15) is 0 Å². The molecule has 0 atom stereocenters. The second-order valence-corrected chi connectivity index (χ2v) is 5.75. The van der Waals surface area contributed by atoms with Gasteiger partial charge in [-0.3, -0.25) is 0 Å². The summed E-state index contributed by atoms with van der Waals surface area (Å²) in [6, 6.07) is 2.12. The van der Waals surface area contributed by atoms with E-state index in [9.17, 15) is 0 Å². The Hall–Kier alpha value is -0.320. The molecule has 0 aliphatic carbocycles. The molecule has 1 aliphatic rings. The molecule has 11 heavy (non-hydrogen) atoms. The summed E-state index contributed by atoms with van der Waals surface area (Å²) in [7, 11) is 2.19. The third-order valence-corrected chi connectivity index (χ3v) is 4.40. The first kappa shape index (κ1) is 7.34. The Balaban J connectivity index is 2.44. The summed E-state index contributed by atoms with van der Waals surface area (Å²) in [5.74, 6) is 0. The Bertz CT molecular complexity index is 262. The molecule has 0 aromatic carbocycles. The van der Waals surface area contributed by atoms with Crippen molar-refractivity contribution in [2.45, 2.75) is 6.42 Å². The van der Waals surface area contributed by atoms with E-state index in [0.29, 0.717) is 0 Å². The zero-order chi connectivity index (χ0) is 7.68. The van der Waals surface area contributed by atoms with E-state index >= 15 is 0 Å². The number of alkyl halides is 1. The van der Waals surface area contributed by atoms with Gasteiger partial charge in [-0.05, 0) is 0 Å². The summed E-state index contributed by atoms with van der Waals surface area (Å²) in [5, 5.41) is 0. The molecular formula is C8H10IN2-. The van der Waals surface area contributed by atoms with Crippen molar-refractivity contribution in [2.75, 3.05) is 14.6 Å². The second kappa shape index (κ2) is 2.97. The Morgan fingerprint density at radius 3 is 3.36 bits per heavy atom. The molecule has 0 spiro atoms. The van der Waals surface area contributed by atoms with Crippen LogP contribution in [0.15, 0.2) is 18.5 Å². The Morgan fingerprint density at radius 2 is 2.55 bits per heavy atom. The van der Waals surface area contributed by atoms with E-state index in [1.165, 1.54) is 22.1 Å². The van der Waals surface area contributed by atoms with Crippen LogP contribution in [-0.4, -0.2) is 16.5 Å². The average molecular weight is 261 g/mol. The third kappa shape index (κ3) is 1.34. The van der Waals surface area contributed by atoms with Gasteiger partial charge in [-0.15, -0.1) is 0 Å². The van der Waals surface area contributed by atoms with Crippen LogP contribution in [0, 0.1) is 0 Å². The van der Waals surface area contributed by atoms with Crippen LogP contribution in [0.5, 0.6) is 0 Å². The van der Waals surface area contributed by atoms with Crippen molar-refractivity contribution >= 4 is 5.69 Å². The fraction of sp³-hybridized carbons (Fsp3) is 0.375. The molecule has 2 rings (SSSR count). The summed E-state index contributed by atoms with van der Waals surface area (Å²) < 4.78 is 3.77. The molecule has 0 radical (unpaired) electrons. The van der Waals surface area contributed by atoms with Crippen LogP contribution in [0.3, 0.4) is 0 Å². The van der Waals surface area contributed by atoms with Gasteiger partial charge in [-0.1, -0.05) is 0 Å². The molecular weight excluding hydrogens is 251 g/mol. The van der Waals surface area contributed by atoms with Crippen LogP contribution in [-0.2, 0) is 6.42 Å². The van der Waals surface area contributed by atoms with Crippen LogP contribution in [0.25, 0.3) is 0 Å². The number of aromatic nitrogens is 1. The van der Waals surface area contributed by atoms with Crippen LogP contribution in [0.1, 0.15) is 5.56 Å². The van der Waals surface area contributed by atoms with Crippen molar-refractivity contribution in [2.24, 2.45) is 0 Å². The van der Waals surface area contributed by atoms with E-state index < -0.39 is 0 Å². The predicted octanol–water partition coefficient (Wildman–Crippen LogP) is -1.92. The molecule has 0 bridgehead atoms. The average Bonchev–Trinajstić information content (AvgIpc) is 2.06. The molecule has 0 N–H and O–H groups in total. The van der Waals surface area contributed by atoms with Crippen molar-refractivity contribution in [3.05, 3.63) is 24.0 Å². The minimum atomic E-state index is 0.269. The van der Waals surface area contributed by atoms with Gasteiger partial charge in [0.1, 0.15) is 0 Å². The molecule has 2 heterocycles. The van der Waals surface area contributed by atoms with Gasteiger partial charge >= 0.3 is 77.2 Å². The number of nitrogens with zero attached hydrogens (tertiary/aromatic N) is 2. The topological polar surface area (TPSA) is 16.1 Å². The first-order valence-electron chi connectivity index (χ1n) is 3.64. The number of hydrogen-bond acceptors (Lipinski definition) is 2. The van der Waals surface area contributed by atoms with E-state index in [2.05, 4.69) is 21.2 Å². The molecule has 1 aromatic heterocycles. The van der Waals surface area contributed by atoms with Gasteiger partial charge < -0.3 is 0 Å². The van der Waals surface area contributed by atoms with Crippen molar-refractivity contribution < 1.29 is 21.5 Å². The summed E-state index contributed by atoms with van der Waals surface area (Å²) in [5.41, 5.74) is 2.82. The molecule has 60 valence electrons. The standard InChI is InChI=1S/C8H10IN2/c1-11-8-3-5-10-6-7(8)2-4-9-11/h3,5-6H,2,4H2,1H3/q-1. The summed E-state index contributed by atoms with van der Waals surface area (Å²) >= 11 is 0.269. The van der Waals surface area contributed by atoms with Crippen molar-refractivity contribution in [1.29, 1.82) is 0 Å². The fourth-order valence-electron chi connectivity index (χ4n) is 1.25. The zero-order valence-corrected chi connectivity index (χ0v) is 8.58. The molecule has 0 saturated carbocycles. The quantitative estimate of drug-likeness (QED) is 0.307. The van der Waals surface area contributed by atoms with Crippen LogP contribution in [0.4, 0.5) is 5.69 Å². The molecule has 0 saturated heterocycles. The predicted molar refractivity (Wildman–Crippen MR) is 41.2 cm³/mol. The molecule has 0 amide bonds. The van der Waals surface area contributed by atoms with E-state index in [-0.39, 0.29) is 21.5 Å². The maximum absolute atomic E-state index is 4.12. The summed E-state index contributed by atoms with van der Waals surface area (Å²) in [4.78, 5) is 4.12. The molecule has 0 unspecified atom stereocenters. The normalized spacial score (nSPS) is 17.0. The van der Waals surface area contributed by atoms with Crippen molar-refractivity contribution in [1.82, 2.24) is 4.98 Å². The number of anilines is 1. The monoisotopic (exact) mass is 261 g/mol. The van der Waals surface area contributed by atoms with E-state index in [1.807, 2.05) is 12.4 Å². The molecule has 2 nitrogen and oxygen atoms in total. The minimum absolute atomic E-state index is 0.269. The first-order chi connectivity index (χ1) is 5.38. The molecule has 1 aliphatic heterocycles. The van der Waals surface area contributed by atoms with Crippen molar-refractivity contribution in [3.63, 3.8) is 0 Å². The Kier molecular flexibility index (Phi) is 1.98. The van der Waals surface area contributed by atoms with Crippen LogP contribution >= 0.6 is 0 Å². The summed E-state index contributed by atoms with van der Waals surface area (Å²) in [6.45, 7) is 0. The van der Waals surface area contributed by atoms with Crippen LogP contribution < -0.4 is 24.6 Å². The number of halogens is 1. The molecule has 3 heteroatoms. The fourth-order valence-corrected chi connectivity index (χ4v) is 3.63. The number of hydrogen-bond donors (Lipinski definition) is 0. The van der Waals surface area contributed by atoms with Gasteiger partial charge in [0, 0.05) is 0 Å². The van der Waals surface area contributed by atoms with Gasteiger partial charge in [0.2, 0.25) is 0 Å². The van der Waals surface area contributed by atoms with Crippen molar-refractivity contribution in [3.8, 4) is 0 Å². The number of rotatable bonds is 0. The number of fused-ring (bicyclic) bond motifs is 1. The SMILES string of the molecule is CN1[I-]CCc2cnccc21. The number of pyridine rings is 1. The first-order valence-corrected chi connectivity index (χ1v) is 6.13. The molecule has 0 fully saturated rings. The maximum atomic E-state index is 4.12. The second-order valence-electron chi connectivity index (χ2n) is 2.54. The zero-order valence-electron chi connectivity index (χ0n) is 6.42. The van der Waals surface area contributed by atoms with Gasteiger partial charge in [0.05, 0.1) is 0 Å². The Labute approximate surface area is 77.2 Å².